The predicted octanol–water partition coefficient (Wildman–Crippen LogP) is 3.06. The van der Waals surface area contributed by atoms with Gasteiger partial charge in [0.05, 0.1) is 0 Å². The zero-order chi connectivity index (χ0) is 13.0. The molecule has 1 aromatic carbocycles. The summed E-state index contributed by atoms with van der Waals surface area (Å²) in [6.07, 6.45) is 4.67. The molecule has 18 heavy (non-hydrogen) atoms. The lowest BCUT2D eigenvalue weighted by molar-refractivity contribution is 0.614. The number of benzene rings is 1. The number of aromatic nitrogens is 2. The molecule has 1 aromatic heterocycles. The van der Waals surface area contributed by atoms with Gasteiger partial charge < -0.3 is 9.88 Å². The summed E-state index contributed by atoms with van der Waals surface area (Å²) < 4.78 is 16.1. The lowest BCUT2D eigenvalue weighted by atomic mass is 10.2. The molecule has 0 aliphatic heterocycles. The van der Waals surface area contributed by atoms with Crippen LogP contribution in [0.3, 0.4) is 0 Å². The zero-order valence-corrected chi connectivity index (χ0v) is 11.7. The minimum atomic E-state index is -0.260. The molecule has 0 aliphatic carbocycles. The van der Waals surface area contributed by atoms with Crippen molar-refractivity contribution >= 4 is 15.9 Å². The lowest BCUT2D eigenvalue weighted by Crippen LogP contribution is -2.11. The molecule has 1 heterocycles. The molecule has 0 radical (unpaired) electrons. The highest BCUT2D eigenvalue weighted by Gasteiger charge is 2.08. The van der Waals surface area contributed by atoms with Crippen LogP contribution in [0.1, 0.15) is 6.42 Å². The molecule has 0 saturated heterocycles. The van der Waals surface area contributed by atoms with E-state index >= 15 is 0 Å². The first-order valence-electron chi connectivity index (χ1n) is 5.83. The maximum atomic E-state index is 13.4. The van der Waals surface area contributed by atoms with Crippen LogP contribution in [0, 0.1) is 5.82 Å². The van der Waals surface area contributed by atoms with Crippen LogP contribution in [-0.4, -0.2) is 23.1 Å². The first kappa shape index (κ1) is 13.2. The Morgan fingerprint density at radius 1 is 1.39 bits per heavy atom. The van der Waals surface area contributed by atoms with E-state index in [2.05, 4.69) is 26.2 Å². The number of hydrogen-bond donors (Lipinski definition) is 1. The molecule has 0 spiro atoms. The number of hydrogen-bond acceptors (Lipinski definition) is 2. The van der Waals surface area contributed by atoms with Gasteiger partial charge in [0.1, 0.15) is 11.6 Å². The summed E-state index contributed by atoms with van der Waals surface area (Å²) in [5, 5.41) is 3.11. The summed E-state index contributed by atoms with van der Waals surface area (Å²) in [5.74, 6) is 0.537. The second kappa shape index (κ2) is 6.11. The Balaban J connectivity index is 2.24. The quantitative estimate of drug-likeness (QED) is 0.860. The minimum absolute atomic E-state index is 0.260. The summed E-state index contributed by atoms with van der Waals surface area (Å²) in [6.45, 7) is 1.81. The SMILES string of the molecule is CNCCCn1ccnc1-c1cc(F)cc(Br)c1. The fourth-order valence-corrected chi connectivity index (χ4v) is 2.32. The van der Waals surface area contributed by atoms with Crippen LogP contribution in [0.2, 0.25) is 0 Å². The molecule has 3 nitrogen and oxygen atoms in total. The number of imidazole rings is 1. The monoisotopic (exact) mass is 311 g/mol. The van der Waals surface area contributed by atoms with E-state index in [1.807, 2.05) is 23.9 Å². The van der Waals surface area contributed by atoms with Gasteiger partial charge in [-0.25, -0.2) is 9.37 Å². The second-order valence-corrected chi connectivity index (χ2v) is 4.98. The highest BCUT2D eigenvalue weighted by Crippen LogP contribution is 2.23. The van der Waals surface area contributed by atoms with Crippen molar-refractivity contribution in [3.63, 3.8) is 0 Å². The molecule has 0 saturated carbocycles. The minimum Gasteiger partial charge on any atom is -0.331 e. The van der Waals surface area contributed by atoms with Crippen LogP contribution in [0.15, 0.2) is 35.1 Å². The summed E-state index contributed by atoms with van der Waals surface area (Å²) in [6, 6.07) is 4.82. The van der Waals surface area contributed by atoms with Crippen molar-refractivity contribution in [2.24, 2.45) is 0 Å². The Labute approximate surface area is 114 Å². The van der Waals surface area contributed by atoms with Crippen molar-refractivity contribution in [2.75, 3.05) is 13.6 Å². The number of aryl methyl sites for hydroxylation is 1. The molecule has 0 aliphatic rings. The van der Waals surface area contributed by atoms with E-state index in [4.69, 9.17) is 0 Å². The van der Waals surface area contributed by atoms with Gasteiger partial charge in [0.2, 0.25) is 0 Å². The first-order valence-corrected chi connectivity index (χ1v) is 6.62. The average molecular weight is 312 g/mol. The average Bonchev–Trinajstić information content (AvgIpc) is 2.76. The molecule has 2 aromatic rings. The number of nitrogens with one attached hydrogen (secondary N) is 1. The van der Waals surface area contributed by atoms with Gasteiger partial charge in [-0.1, -0.05) is 15.9 Å². The maximum Gasteiger partial charge on any atom is 0.140 e. The van der Waals surface area contributed by atoms with E-state index in [0.29, 0.717) is 0 Å². The molecule has 0 fully saturated rings. The fraction of sp³-hybridized carbons (Fsp3) is 0.308. The Morgan fingerprint density at radius 2 is 2.22 bits per heavy atom. The lowest BCUT2D eigenvalue weighted by Gasteiger charge is -2.08. The Morgan fingerprint density at radius 3 is 2.94 bits per heavy atom. The van der Waals surface area contributed by atoms with Crippen LogP contribution in [0.4, 0.5) is 4.39 Å². The van der Waals surface area contributed by atoms with E-state index < -0.39 is 0 Å². The Kier molecular flexibility index (Phi) is 4.49. The zero-order valence-electron chi connectivity index (χ0n) is 10.2. The summed E-state index contributed by atoms with van der Waals surface area (Å²) in [7, 11) is 1.93. The van der Waals surface area contributed by atoms with Gasteiger partial charge in [-0.15, -0.1) is 0 Å². The van der Waals surface area contributed by atoms with Crippen molar-refractivity contribution in [2.45, 2.75) is 13.0 Å². The molecule has 2 rings (SSSR count). The van der Waals surface area contributed by atoms with Gasteiger partial charge >= 0.3 is 0 Å². The predicted molar refractivity (Wildman–Crippen MR) is 73.9 cm³/mol. The Hall–Kier alpha value is -1.20. The maximum absolute atomic E-state index is 13.4. The second-order valence-electron chi connectivity index (χ2n) is 4.06. The summed E-state index contributed by atoms with van der Waals surface area (Å²) in [4.78, 5) is 4.30. The smallest absolute Gasteiger partial charge is 0.140 e. The highest BCUT2D eigenvalue weighted by atomic mass is 79.9. The Bertz CT molecular complexity index is 504. The van der Waals surface area contributed by atoms with Crippen LogP contribution in [0.25, 0.3) is 11.4 Å². The summed E-state index contributed by atoms with van der Waals surface area (Å²) in [5.41, 5.74) is 0.788. The molecule has 0 bridgehead atoms. The van der Waals surface area contributed by atoms with E-state index in [9.17, 15) is 4.39 Å². The van der Waals surface area contributed by atoms with Crippen molar-refractivity contribution in [1.82, 2.24) is 14.9 Å². The highest BCUT2D eigenvalue weighted by molar-refractivity contribution is 9.10. The molecule has 0 atom stereocenters. The standard InChI is InChI=1S/C13H15BrFN3/c1-16-3-2-5-18-6-4-17-13(18)10-7-11(14)9-12(15)8-10/h4,6-9,16H,2-3,5H2,1H3. The van der Waals surface area contributed by atoms with Crippen LogP contribution >= 0.6 is 15.9 Å². The molecule has 0 unspecified atom stereocenters. The fourth-order valence-electron chi connectivity index (χ4n) is 1.86. The third-order valence-corrected chi connectivity index (χ3v) is 3.12. The third kappa shape index (κ3) is 3.17. The normalized spacial score (nSPS) is 10.8. The number of halogens is 2. The van der Waals surface area contributed by atoms with Gasteiger partial charge in [0, 0.05) is 29.0 Å². The molecule has 1 N–H and O–H groups in total. The van der Waals surface area contributed by atoms with Crippen LogP contribution < -0.4 is 5.32 Å². The number of nitrogens with zero attached hydrogens (tertiary/aromatic N) is 2. The van der Waals surface area contributed by atoms with Gasteiger partial charge in [-0.2, -0.15) is 0 Å². The first-order chi connectivity index (χ1) is 8.70. The molecular formula is C13H15BrFN3. The third-order valence-electron chi connectivity index (χ3n) is 2.66. The van der Waals surface area contributed by atoms with Crippen LogP contribution in [0.5, 0.6) is 0 Å². The van der Waals surface area contributed by atoms with Crippen molar-refractivity contribution in [1.29, 1.82) is 0 Å². The van der Waals surface area contributed by atoms with Gasteiger partial charge in [0.25, 0.3) is 0 Å². The van der Waals surface area contributed by atoms with Crippen molar-refractivity contribution in [3.8, 4) is 11.4 Å². The van der Waals surface area contributed by atoms with Gasteiger partial charge in [0.15, 0.2) is 0 Å². The van der Waals surface area contributed by atoms with E-state index in [1.54, 1.807) is 6.20 Å². The topological polar surface area (TPSA) is 29.9 Å². The van der Waals surface area contributed by atoms with Crippen molar-refractivity contribution in [3.05, 3.63) is 40.9 Å². The van der Waals surface area contributed by atoms with Crippen molar-refractivity contribution < 1.29 is 4.39 Å². The largest absolute Gasteiger partial charge is 0.331 e. The van der Waals surface area contributed by atoms with Gasteiger partial charge in [-0.3, -0.25) is 0 Å². The number of rotatable bonds is 5. The van der Waals surface area contributed by atoms with E-state index in [1.165, 1.54) is 12.1 Å². The molecule has 5 heteroatoms. The summed E-state index contributed by atoms with van der Waals surface area (Å²) >= 11 is 3.30. The molecule has 0 amide bonds. The van der Waals surface area contributed by atoms with E-state index in [0.717, 1.165) is 35.4 Å². The molecule has 96 valence electrons. The van der Waals surface area contributed by atoms with Crippen LogP contribution in [-0.2, 0) is 6.54 Å². The molecular weight excluding hydrogens is 297 g/mol. The van der Waals surface area contributed by atoms with E-state index in [-0.39, 0.29) is 5.82 Å². The van der Waals surface area contributed by atoms with Gasteiger partial charge in [-0.05, 0) is 38.2 Å².